The second-order valence-corrected chi connectivity index (χ2v) is 5.91. The van der Waals surface area contributed by atoms with Gasteiger partial charge in [-0.2, -0.15) is 0 Å². The van der Waals surface area contributed by atoms with Gasteiger partial charge in [-0.3, -0.25) is 4.90 Å². The van der Waals surface area contributed by atoms with Crippen molar-refractivity contribution in [3.8, 4) is 5.75 Å². The Bertz CT molecular complexity index is 422. The predicted octanol–water partition coefficient (Wildman–Crippen LogP) is 2.11. The normalized spacial score (nSPS) is 32.4. The van der Waals surface area contributed by atoms with E-state index >= 15 is 0 Å². The van der Waals surface area contributed by atoms with Gasteiger partial charge >= 0.3 is 0 Å². The van der Waals surface area contributed by atoms with Crippen molar-refractivity contribution in [3.63, 3.8) is 0 Å². The van der Waals surface area contributed by atoms with Crippen molar-refractivity contribution >= 4 is 0 Å². The highest BCUT2D eigenvalue weighted by Crippen LogP contribution is 2.39. The molecule has 1 aliphatic heterocycles. The van der Waals surface area contributed by atoms with Crippen molar-refractivity contribution in [1.82, 2.24) is 4.90 Å². The number of benzene rings is 1. The molecule has 4 heteroatoms. The van der Waals surface area contributed by atoms with Gasteiger partial charge in [0, 0.05) is 19.6 Å². The molecule has 1 aromatic carbocycles. The fourth-order valence-corrected chi connectivity index (χ4v) is 3.52. The number of β-amino-alcohol motifs (C(OH)–C–C–N with tert-alkyl or cyclic N) is 1. The Morgan fingerprint density at radius 3 is 2.32 bits per heavy atom. The van der Waals surface area contributed by atoms with Crippen LogP contribution in [-0.2, 0) is 0 Å². The molecule has 2 unspecified atom stereocenters. The first kappa shape index (κ1) is 12.9. The van der Waals surface area contributed by atoms with Crippen LogP contribution in [0.2, 0.25) is 0 Å². The lowest BCUT2D eigenvalue weighted by molar-refractivity contribution is 0.119. The average Bonchev–Trinajstić information content (AvgIpc) is 2.86. The van der Waals surface area contributed by atoms with Gasteiger partial charge in [-0.05, 0) is 42.4 Å². The third-order valence-corrected chi connectivity index (χ3v) is 4.48. The van der Waals surface area contributed by atoms with Gasteiger partial charge in [-0.25, -0.2) is 4.39 Å². The molecule has 2 N–H and O–H groups in total. The van der Waals surface area contributed by atoms with Crippen LogP contribution < -0.4 is 0 Å². The van der Waals surface area contributed by atoms with Crippen molar-refractivity contribution in [2.75, 3.05) is 19.6 Å². The molecule has 3 nitrogen and oxygen atoms in total. The number of alkyl halides is 1. The molecule has 1 saturated heterocycles. The summed E-state index contributed by atoms with van der Waals surface area (Å²) in [6.07, 6.45) is 0.229. The highest BCUT2D eigenvalue weighted by molar-refractivity contribution is 5.27. The number of halogens is 1. The van der Waals surface area contributed by atoms with E-state index in [1.807, 2.05) is 0 Å². The van der Waals surface area contributed by atoms with Crippen LogP contribution in [0.15, 0.2) is 24.3 Å². The zero-order chi connectivity index (χ0) is 13.4. The van der Waals surface area contributed by atoms with Crippen LogP contribution in [0.1, 0.15) is 24.5 Å². The zero-order valence-corrected chi connectivity index (χ0v) is 10.9. The van der Waals surface area contributed by atoms with Gasteiger partial charge < -0.3 is 10.2 Å². The maximum absolute atomic E-state index is 13.2. The number of aliphatic hydroxyl groups excluding tert-OH is 1. The lowest BCUT2D eigenvalue weighted by Gasteiger charge is -2.21. The van der Waals surface area contributed by atoms with Crippen molar-refractivity contribution in [1.29, 1.82) is 0 Å². The van der Waals surface area contributed by atoms with Crippen LogP contribution in [0.5, 0.6) is 5.75 Å². The number of phenolic OH excluding ortho intramolecular Hbond substituents is 1. The van der Waals surface area contributed by atoms with E-state index in [2.05, 4.69) is 4.90 Å². The number of aliphatic hydroxyl groups is 1. The molecule has 104 valence electrons. The molecule has 1 heterocycles. The molecular formula is C15H20FNO2. The molecule has 0 bridgehead atoms. The van der Waals surface area contributed by atoms with Gasteiger partial charge in [0.2, 0.25) is 0 Å². The average molecular weight is 265 g/mol. The van der Waals surface area contributed by atoms with Crippen molar-refractivity contribution in [2.45, 2.75) is 25.1 Å². The molecule has 2 aliphatic rings. The SMILES string of the molecule is Oc1ccc(C(O)CN2C[C@H]3CC(F)C[C@H]3C2)cc1. The second kappa shape index (κ2) is 5.10. The summed E-state index contributed by atoms with van der Waals surface area (Å²) in [5.41, 5.74) is 0.818. The number of rotatable bonds is 3. The summed E-state index contributed by atoms with van der Waals surface area (Å²) in [6.45, 7) is 2.40. The smallest absolute Gasteiger partial charge is 0.115 e. The molecule has 0 radical (unpaired) electrons. The maximum atomic E-state index is 13.2. The van der Waals surface area contributed by atoms with Gasteiger partial charge in [0.25, 0.3) is 0 Å². The van der Waals surface area contributed by atoms with Crippen LogP contribution in [0.4, 0.5) is 4.39 Å². The molecule has 0 amide bonds. The topological polar surface area (TPSA) is 43.7 Å². The molecule has 1 aliphatic carbocycles. The van der Waals surface area contributed by atoms with Crippen LogP contribution in [0.25, 0.3) is 0 Å². The largest absolute Gasteiger partial charge is 0.508 e. The van der Waals surface area contributed by atoms with E-state index in [4.69, 9.17) is 0 Å². The number of hydrogen-bond acceptors (Lipinski definition) is 3. The van der Waals surface area contributed by atoms with E-state index in [-0.39, 0.29) is 5.75 Å². The van der Waals surface area contributed by atoms with Crippen LogP contribution in [0.3, 0.4) is 0 Å². The zero-order valence-electron chi connectivity index (χ0n) is 10.9. The van der Waals surface area contributed by atoms with E-state index in [0.717, 1.165) is 18.7 Å². The Hall–Kier alpha value is -1.13. The van der Waals surface area contributed by atoms with E-state index in [9.17, 15) is 14.6 Å². The first-order valence-corrected chi connectivity index (χ1v) is 6.95. The third kappa shape index (κ3) is 2.74. The lowest BCUT2D eigenvalue weighted by Crippen LogP contribution is -2.27. The molecule has 2 fully saturated rings. The van der Waals surface area contributed by atoms with E-state index < -0.39 is 12.3 Å². The fourth-order valence-electron chi connectivity index (χ4n) is 3.52. The second-order valence-electron chi connectivity index (χ2n) is 5.91. The van der Waals surface area contributed by atoms with Crippen LogP contribution >= 0.6 is 0 Å². The molecule has 1 aromatic rings. The van der Waals surface area contributed by atoms with Gasteiger partial charge in [-0.1, -0.05) is 12.1 Å². The predicted molar refractivity (Wildman–Crippen MR) is 70.6 cm³/mol. The molecule has 0 spiro atoms. The molecular weight excluding hydrogens is 245 g/mol. The fraction of sp³-hybridized carbons (Fsp3) is 0.600. The number of phenols is 1. The van der Waals surface area contributed by atoms with Crippen LogP contribution in [-0.4, -0.2) is 40.9 Å². The molecule has 3 rings (SSSR count). The summed E-state index contributed by atoms with van der Waals surface area (Å²) >= 11 is 0. The van der Waals surface area contributed by atoms with Gasteiger partial charge in [0.15, 0.2) is 0 Å². The minimum atomic E-state index is -0.612. The molecule has 0 aromatic heterocycles. The number of nitrogens with zero attached hydrogens (tertiary/aromatic N) is 1. The summed E-state index contributed by atoms with van der Waals surface area (Å²) in [6, 6.07) is 6.67. The monoisotopic (exact) mass is 265 g/mol. The highest BCUT2D eigenvalue weighted by atomic mass is 19.1. The molecule has 1 saturated carbocycles. The summed E-state index contributed by atoms with van der Waals surface area (Å²) in [5, 5.41) is 19.4. The van der Waals surface area contributed by atoms with E-state index in [0.29, 0.717) is 31.2 Å². The van der Waals surface area contributed by atoms with Crippen molar-refractivity contribution in [2.24, 2.45) is 11.8 Å². The summed E-state index contributed by atoms with van der Waals surface area (Å²) in [4.78, 5) is 2.23. The summed E-state index contributed by atoms with van der Waals surface area (Å²) in [7, 11) is 0. The van der Waals surface area contributed by atoms with Crippen molar-refractivity contribution < 1.29 is 14.6 Å². The first-order chi connectivity index (χ1) is 9.11. The standard InChI is InChI=1S/C15H20FNO2/c16-13-5-11-7-17(8-12(11)6-13)9-15(19)10-1-3-14(18)4-2-10/h1-4,11-13,15,18-19H,5-9H2/t11-,12+,13?,15?. The van der Waals surface area contributed by atoms with Gasteiger partial charge in [-0.15, -0.1) is 0 Å². The number of hydrogen-bond donors (Lipinski definition) is 2. The Morgan fingerprint density at radius 2 is 1.74 bits per heavy atom. The molecule has 4 atom stereocenters. The Labute approximate surface area is 112 Å². The summed E-state index contributed by atoms with van der Waals surface area (Å²) < 4.78 is 13.2. The minimum Gasteiger partial charge on any atom is -0.508 e. The van der Waals surface area contributed by atoms with E-state index in [1.165, 1.54) is 0 Å². The summed E-state index contributed by atoms with van der Waals surface area (Å²) in [5.74, 6) is 1.16. The Balaban J connectivity index is 1.56. The molecule has 19 heavy (non-hydrogen) atoms. The maximum Gasteiger partial charge on any atom is 0.115 e. The number of fused-ring (bicyclic) bond motifs is 1. The lowest BCUT2D eigenvalue weighted by atomic mass is 10.0. The first-order valence-electron chi connectivity index (χ1n) is 6.95. The van der Waals surface area contributed by atoms with Crippen LogP contribution in [0, 0.1) is 11.8 Å². The Morgan fingerprint density at radius 1 is 1.16 bits per heavy atom. The quantitative estimate of drug-likeness (QED) is 0.879. The Kier molecular flexibility index (Phi) is 3.46. The van der Waals surface area contributed by atoms with Gasteiger partial charge in [0.1, 0.15) is 11.9 Å². The van der Waals surface area contributed by atoms with Gasteiger partial charge in [0.05, 0.1) is 6.10 Å². The van der Waals surface area contributed by atoms with E-state index in [1.54, 1.807) is 24.3 Å². The van der Waals surface area contributed by atoms with Crippen molar-refractivity contribution in [3.05, 3.63) is 29.8 Å². The number of likely N-dealkylation sites (tertiary alicyclic amines) is 1. The third-order valence-electron chi connectivity index (χ3n) is 4.48. The minimum absolute atomic E-state index is 0.209. The highest BCUT2D eigenvalue weighted by Gasteiger charge is 2.41. The number of aromatic hydroxyl groups is 1.